The first-order valence-corrected chi connectivity index (χ1v) is 6.65. The number of carbonyl (C=O) groups excluding carboxylic acids is 2. The van der Waals surface area contributed by atoms with E-state index in [4.69, 9.17) is 5.11 Å². The number of likely N-dealkylation sites (tertiary alicyclic amines) is 1. The average molecular weight is 285 g/mol. The summed E-state index contributed by atoms with van der Waals surface area (Å²) in [6, 6.07) is -0.515. The Morgan fingerprint density at radius 1 is 1.30 bits per heavy atom. The van der Waals surface area contributed by atoms with Gasteiger partial charge in [-0.1, -0.05) is 6.92 Å². The Labute approximate surface area is 118 Å². The van der Waals surface area contributed by atoms with E-state index in [2.05, 4.69) is 10.6 Å². The molecule has 7 nitrogen and oxygen atoms in total. The number of carboxylic acids is 1. The number of urea groups is 1. The van der Waals surface area contributed by atoms with E-state index in [9.17, 15) is 14.4 Å². The van der Waals surface area contributed by atoms with Crippen LogP contribution in [0.2, 0.25) is 0 Å². The van der Waals surface area contributed by atoms with Crippen molar-refractivity contribution in [3.8, 4) is 0 Å². The fourth-order valence-corrected chi connectivity index (χ4v) is 2.00. The number of imide groups is 1. The molecule has 1 aliphatic heterocycles. The van der Waals surface area contributed by atoms with Crippen molar-refractivity contribution in [1.82, 2.24) is 15.5 Å². The predicted molar refractivity (Wildman–Crippen MR) is 73.2 cm³/mol. The summed E-state index contributed by atoms with van der Waals surface area (Å²) >= 11 is 0. The summed E-state index contributed by atoms with van der Waals surface area (Å²) in [6.45, 7) is 8.39. The minimum Gasteiger partial charge on any atom is -0.481 e. The molecule has 1 unspecified atom stereocenters. The largest absolute Gasteiger partial charge is 0.481 e. The first kappa shape index (κ1) is 16.4. The SMILES string of the molecule is CC(C(=O)O)C1CN(CC(=O)NC(=O)NC(C)(C)C)C1. The van der Waals surface area contributed by atoms with Gasteiger partial charge in [-0.25, -0.2) is 4.79 Å². The topological polar surface area (TPSA) is 98.7 Å². The van der Waals surface area contributed by atoms with Gasteiger partial charge in [0.2, 0.25) is 5.91 Å². The summed E-state index contributed by atoms with van der Waals surface area (Å²) < 4.78 is 0. The maximum absolute atomic E-state index is 11.6. The quantitative estimate of drug-likeness (QED) is 0.688. The Morgan fingerprint density at radius 2 is 1.85 bits per heavy atom. The molecular weight excluding hydrogens is 262 g/mol. The van der Waals surface area contributed by atoms with Crippen LogP contribution < -0.4 is 10.6 Å². The molecule has 0 radical (unpaired) electrons. The van der Waals surface area contributed by atoms with Crippen LogP contribution in [0.1, 0.15) is 27.7 Å². The molecule has 7 heteroatoms. The molecule has 0 spiro atoms. The van der Waals surface area contributed by atoms with Gasteiger partial charge < -0.3 is 10.4 Å². The highest BCUT2D eigenvalue weighted by molar-refractivity contribution is 5.95. The van der Waals surface area contributed by atoms with Gasteiger partial charge >= 0.3 is 12.0 Å². The molecule has 1 heterocycles. The van der Waals surface area contributed by atoms with Gasteiger partial charge in [-0.15, -0.1) is 0 Å². The number of hydrogen-bond acceptors (Lipinski definition) is 4. The van der Waals surface area contributed by atoms with Crippen LogP contribution in [0, 0.1) is 11.8 Å². The summed E-state index contributed by atoms with van der Waals surface area (Å²) in [4.78, 5) is 35.7. The van der Waals surface area contributed by atoms with Gasteiger partial charge in [0.15, 0.2) is 0 Å². The summed E-state index contributed by atoms with van der Waals surface area (Å²) in [5.74, 6) is -1.53. The van der Waals surface area contributed by atoms with Crippen molar-refractivity contribution in [1.29, 1.82) is 0 Å². The molecule has 0 saturated carbocycles. The lowest BCUT2D eigenvalue weighted by Crippen LogP contribution is -2.56. The van der Waals surface area contributed by atoms with Gasteiger partial charge in [-0.05, 0) is 26.7 Å². The third-order valence-electron chi connectivity index (χ3n) is 3.19. The van der Waals surface area contributed by atoms with E-state index in [1.807, 2.05) is 25.7 Å². The highest BCUT2D eigenvalue weighted by Gasteiger charge is 2.35. The van der Waals surface area contributed by atoms with Gasteiger partial charge in [0.25, 0.3) is 0 Å². The van der Waals surface area contributed by atoms with E-state index in [-0.39, 0.29) is 18.4 Å². The van der Waals surface area contributed by atoms with Gasteiger partial charge in [0, 0.05) is 18.6 Å². The standard InChI is InChI=1S/C13H23N3O4/c1-8(11(18)19)9-5-16(6-9)7-10(17)14-12(20)15-13(2,3)4/h8-9H,5-7H2,1-4H3,(H,18,19)(H2,14,15,17,20). The lowest BCUT2D eigenvalue weighted by atomic mass is 9.87. The Hall–Kier alpha value is -1.63. The van der Waals surface area contributed by atoms with Gasteiger partial charge in [-0.3, -0.25) is 19.8 Å². The van der Waals surface area contributed by atoms with Crippen molar-refractivity contribution in [3.05, 3.63) is 0 Å². The van der Waals surface area contributed by atoms with Crippen LogP contribution in [-0.2, 0) is 9.59 Å². The second-order valence-corrected chi connectivity index (χ2v) is 6.33. The van der Waals surface area contributed by atoms with Crippen LogP contribution in [0.5, 0.6) is 0 Å². The Balaban J connectivity index is 2.26. The normalized spacial score (nSPS) is 18.0. The molecule has 1 aliphatic rings. The third-order valence-corrected chi connectivity index (χ3v) is 3.19. The first-order chi connectivity index (χ1) is 9.08. The van der Waals surface area contributed by atoms with Crippen molar-refractivity contribution >= 4 is 17.9 Å². The summed E-state index contributed by atoms with van der Waals surface area (Å²) in [5.41, 5.74) is -0.400. The number of nitrogens with zero attached hydrogens (tertiary/aromatic N) is 1. The average Bonchev–Trinajstić information content (AvgIpc) is 2.18. The number of carboxylic acid groups (broad SMARTS) is 1. The molecule has 1 fully saturated rings. The molecule has 3 amide bonds. The highest BCUT2D eigenvalue weighted by atomic mass is 16.4. The molecule has 1 rings (SSSR count). The Morgan fingerprint density at radius 3 is 2.30 bits per heavy atom. The number of nitrogens with one attached hydrogen (secondary N) is 2. The lowest BCUT2D eigenvalue weighted by Gasteiger charge is -2.40. The summed E-state index contributed by atoms with van der Waals surface area (Å²) in [6.07, 6.45) is 0. The van der Waals surface area contributed by atoms with Crippen LogP contribution in [0.15, 0.2) is 0 Å². The van der Waals surface area contributed by atoms with Crippen molar-refractivity contribution in [3.63, 3.8) is 0 Å². The maximum Gasteiger partial charge on any atom is 0.321 e. The molecule has 114 valence electrons. The smallest absolute Gasteiger partial charge is 0.321 e. The van der Waals surface area contributed by atoms with Crippen LogP contribution in [0.3, 0.4) is 0 Å². The number of amides is 3. The molecule has 3 N–H and O–H groups in total. The monoisotopic (exact) mass is 285 g/mol. The van der Waals surface area contributed by atoms with Crippen molar-refractivity contribution in [2.75, 3.05) is 19.6 Å². The van der Waals surface area contributed by atoms with E-state index in [0.29, 0.717) is 13.1 Å². The van der Waals surface area contributed by atoms with Crippen LogP contribution in [0.4, 0.5) is 4.79 Å². The number of rotatable bonds is 4. The number of hydrogen-bond donors (Lipinski definition) is 3. The molecule has 0 aliphatic carbocycles. The highest BCUT2D eigenvalue weighted by Crippen LogP contribution is 2.23. The lowest BCUT2D eigenvalue weighted by molar-refractivity contribution is -0.145. The van der Waals surface area contributed by atoms with Crippen molar-refractivity contribution in [2.45, 2.75) is 33.2 Å². The van der Waals surface area contributed by atoms with Crippen LogP contribution >= 0.6 is 0 Å². The Bertz CT molecular complexity index is 397. The number of aliphatic carboxylic acids is 1. The fourth-order valence-electron chi connectivity index (χ4n) is 2.00. The van der Waals surface area contributed by atoms with Gasteiger partial charge in [0.1, 0.15) is 0 Å². The molecule has 0 aromatic rings. The van der Waals surface area contributed by atoms with E-state index < -0.39 is 23.5 Å². The van der Waals surface area contributed by atoms with E-state index in [1.54, 1.807) is 6.92 Å². The number of carbonyl (C=O) groups is 3. The molecule has 1 saturated heterocycles. The summed E-state index contributed by atoms with van der Waals surface area (Å²) in [7, 11) is 0. The second kappa shape index (κ2) is 6.21. The van der Waals surface area contributed by atoms with Gasteiger partial charge in [0.05, 0.1) is 12.5 Å². The van der Waals surface area contributed by atoms with Crippen molar-refractivity contribution < 1.29 is 19.5 Å². The maximum atomic E-state index is 11.6. The summed E-state index contributed by atoms with van der Waals surface area (Å²) in [5, 5.41) is 13.8. The predicted octanol–water partition coefficient (Wildman–Crippen LogP) is 0.263. The Kier molecular flexibility index (Phi) is 5.10. The van der Waals surface area contributed by atoms with Gasteiger partial charge in [-0.2, -0.15) is 0 Å². The van der Waals surface area contributed by atoms with Crippen LogP contribution in [0.25, 0.3) is 0 Å². The van der Waals surface area contributed by atoms with Crippen molar-refractivity contribution in [2.24, 2.45) is 11.8 Å². The minimum atomic E-state index is -0.816. The third kappa shape index (κ3) is 5.16. The molecule has 0 aromatic heterocycles. The molecule has 20 heavy (non-hydrogen) atoms. The van der Waals surface area contributed by atoms with E-state index in [0.717, 1.165) is 0 Å². The zero-order valence-corrected chi connectivity index (χ0v) is 12.4. The van der Waals surface area contributed by atoms with Crippen LogP contribution in [-0.4, -0.2) is 53.1 Å². The zero-order chi connectivity index (χ0) is 15.5. The molecule has 0 aromatic carbocycles. The van der Waals surface area contributed by atoms with E-state index in [1.165, 1.54) is 0 Å². The fraction of sp³-hybridized carbons (Fsp3) is 0.769. The minimum absolute atomic E-state index is 0.0729. The zero-order valence-electron chi connectivity index (χ0n) is 12.4. The first-order valence-electron chi connectivity index (χ1n) is 6.65. The molecule has 1 atom stereocenters. The van der Waals surface area contributed by atoms with E-state index >= 15 is 0 Å². The second-order valence-electron chi connectivity index (χ2n) is 6.33. The molecular formula is C13H23N3O4. The molecule has 0 bridgehead atoms.